The maximum atomic E-state index is 11.7. The molecule has 28 heavy (non-hydrogen) atoms. The van der Waals surface area contributed by atoms with Crippen molar-refractivity contribution in [3.8, 4) is 6.07 Å². The summed E-state index contributed by atoms with van der Waals surface area (Å²) in [5.41, 5.74) is 2.05. The van der Waals surface area contributed by atoms with E-state index in [0.717, 1.165) is 24.0 Å². The van der Waals surface area contributed by atoms with Crippen LogP contribution in [0, 0.1) is 11.3 Å². The minimum absolute atomic E-state index is 0.175. The molecule has 2 aromatic rings. The van der Waals surface area contributed by atoms with Gasteiger partial charge in [0.25, 0.3) is 0 Å². The number of carbonyl (C=O) groups excluding carboxylic acids is 1. The highest BCUT2D eigenvalue weighted by Gasteiger charge is 2.44. The molecule has 0 bridgehead atoms. The summed E-state index contributed by atoms with van der Waals surface area (Å²) >= 11 is 0. The van der Waals surface area contributed by atoms with E-state index in [4.69, 9.17) is 4.74 Å². The van der Waals surface area contributed by atoms with Crippen LogP contribution in [0.25, 0.3) is 0 Å². The average Bonchev–Trinajstić information content (AvgIpc) is 3.54. The summed E-state index contributed by atoms with van der Waals surface area (Å²) in [6, 6.07) is 18.8. The summed E-state index contributed by atoms with van der Waals surface area (Å²) in [6.07, 6.45) is -0.744. The number of aliphatic hydroxyl groups is 2. The fourth-order valence-electron chi connectivity index (χ4n) is 3.07. The number of benzene rings is 2. The average molecular weight is 380 g/mol. The maximum Gasteiger partial charge on any atom is 0.407 e. The second-order valence-electron chi connectivity index (χ2n) is 7.11. The Balaban J connectivity index is 1.41. The summed E-state index contributed by atoms with van der Waals surface area (Å²) in [7, 11) is 0. The van der Waals surface area contributed by atoms with Crippen LogP contribution in [0.2, 0.25) is 0 Å². The number of nitriles is 1. The first-order chi connectivity index (χ1) is 13.5. The van der Waals surface area contributed by atoms with Crippen molar-refractivity contribution in [3.05, 3.63) is 71.3 Å². The Bertz CT molecular complexity index is 826. The zero-order chi connectivity index (χ0) is 20.0. The van der Waals surface area contributed by atoms with Gasteiger partial charge in [0.2, 0.25) is 0 Å². The summed E-state index contributed by atoms with van der Waals surface area (Å²) in [4.78, 5) is 11.7. The lowest BCUT2D eigenvalue weighted by atomic mass is 9.94. The molecule has 1 amide bonds. The minimum Gasteiger partial charge on any atom is -0.445 e. The number of ether oxygens (including phenoxy) is 1. The lowest BCUT2D eigenvalue weighted by Gasteiger charge is -2.19. The van der Waals surface area contributed by atoms with Gasteiger partial charge in [-0.25, -0.2) is 4.79 Å². The first-order valence-electron chi connectivity index (χ1n) is 9.36. The molecule has 2 atom stereocenters. The molecule has 146 valence electrons. The van der Waals surface area contributed by atoms with Crippen molar-refractivity contribution in [2.75, 3.05) is 6.54 Å². The summed E-state index contributed by atoms with van der Waals surface area (Å²) in [5, 5.41) is 32.3. The van der Waals surface area contributed by atoms with Crippen molar-refractivity contribution in [2.45, 2.75) is 43.5 Å². The molecule has 2 unspecified atom stereocenters. The highest BCUT2D eigenvalue weighted by molar-refractivity contribution is 5.67. The van der Waals surface area contributed by atoms with E-state index in [1.807, 2.05) is 42.5 Å². The van der Waals surface area contributed by atoms with Crippen LogP contribution in [0.15, 0.2) is 54.6 Å². The molecule has 0 aliphatic heterocycles. The van der Waals surface area contributed by atoms with Crippen LogP contribution in [-0.2, 0) is 16.8 Å². The topological polar surface area (TPSA) is 103 Å². The highest BCUT2D eigenvalue weighted by atomic mass is 16.5. The molecule has 0 heterocycles. The van der Waals surface area contributed by atoms with Crippen LogP contribution < -0.4 is 5.32 Å². The standard InChI is InChI=1S/C22H24N2O4/c23-15-22(11-12-22)18-8-6-17(7-9-18)20(26)19(25)10-13-24-21(27)28-14-16-4-2-1-3-5-16/h1-9,19-20,25-26H,10-14H2,(H,24,27). The lowest BCUT2D eigenvalue weighted by Crippen LogP contribution is -2.29. The number of amides is 1. The van der Waals surface area contributed by atoms with Crippen molar-refractivity contribution in [3.63, 3.8) is 0 Å². The van der Waals surface area contributed by atoms with Gasteiger partial charge in [0.1, 0.15) is 12.7 Å². The zero-order valence-electron chi connectivity index (χ0n) is 15.5. The molecule has 2 aromatic carbocycles. The summed E-state index contributed by atoms with van der Waals surface area (Å²) < 4.78 is 5.10. The van der Waals surface area contributed by atoms with E-state index in [0.29, 0.717) is 5.56 Å². The molecule has 3 N–H and O–H groups in total. The van der Waals surface area contributed by atoms with E-state index >= 15 is 0 Å². The molecule has 1 aliphatic rings. The minimum atomic E-state index is -1.06. The molecule has 3 rings (SSSR count). The van der Waals surface area contributed by atoms with Crippen molar-refractivity contribution in [1.29, 1.82) is 5.26 Å². The summed E-state index contributed by atoms with van der Waals surface area (Å²) in [5.74, 6) is 0. The Hall–Kier alpha value is -2.88. The fourth-order valence-corrected chi connectivity index (χ4v) is 3.07. The first kappa shape index (κ1) is 19.9. The SMILES string of the molecule is N#CC1(c2ccc(C(O)C(O)CCNC(=O)OCc3ccccc3)cc2)CC1. The van der Waals surface area contributed by atoms with E-state index in [2.05, 4.69) is 11.4 Å². The second kappa shape index (κ2) is 8.87. The number of rotatable bonds is 8. The molecule has 6 nitrogen and oxygen atoms in total. The molecule has 1 fully saturated rings. The number of hydrogen-bond donors (Lipinski definition) is 3. The van der Waals surface area contributed by atoms with Gasteiger partial charge in [-0.15, -0.1) is 0 Å². The Morgan fingerprint density at radius 2 is 1.82 bits per heavy atom. The van der Waals surface area contributed by atoms with Crippen molar-refractivity contribution in [1.82, 2.24) is 5.32 Å². The third-order valence-corrected chi connectivity index (χ3v) is 5.06. The molecular formula is C22H24N2O4. The van der Waals surface area contributed by atoms with Gasteiger partial charge in [-0.3, -0.25) is 0 Å². The predicted octanol–water partition coefficient (Wildman–Crippen LogP) is 2.95. The molecule has 0 aromatic heterocycles. The Labute approximate surface area is 164 Å². The van der Waals surface area contributed by atoms with Crippen molar-refractivity contribution in [2.24, 2.45) is 0 Å². The van der Waals surface area contributed by atoms with Gasteiger partial charge >= 0.3 is 6.09 Å². The smallest absolute Gasteiger partial charge is 0.407 e. The molecule has 6 heteroatoms. The number of carbonyl (C=O) groups is 1. The Morgan fingerprint density at radius 1 is 1.14 bits per heavy atom. The fraction of sp³-hybridized carbons (Fsp3) is 0.364. The zero-order valence-corrected chi connectivity index (χ0v) is 15.5. The Morgan fingerprint density at radius 3 is 2.43 bits per heavy atom. The van der Waals surface area contributed by atoms with Gasteiger partial charge < -0.3 is 20.3 Å². The van der Waals surface area contributed by atoms with Crippen molar-refractivity contribution >= 4 is 6.09 Å². The molecule has 0 radical (unpaired) electrons. The first-order valence-corrected chi connectivity index (χ1v) is 9.36. The van der Waals surface area contributed by atoms with Gasteiger partial charge in [0.05, 0.1) is 17.6 Å². The van der Waals surface area contributed by atoms with Gasteiger partial charge in [-0.1, -0.05) is 54.6 Å². The van der Waals surface area contributed by atoms with E-state index < -0.39 is 18.3 Å². The number of nitrogens with one attached hydrogen (secondary N) is 1. The number of alkyl carbamates (subject to hydrolysis) is 1. The second-order valence-corrected chi connectivity index (χ2v) is 7.11. The maximum absolute atomic E-state index is 11.7. The van der Waals surface area contributed by atoms with E-state index in [9.17, 15) is 20.3 Å². The van der Waals surface area contributed by atoms with Gasteiger partial charge in [-0.2, -0.15) is 5.26 Å². The van der Waals surface area contributed by atoms with Crippen LogP contribution in [-0.4, -0.2) is 29.0 Å². The van der Waals surface area contributed by atoms with Crippen LogP contribution in [0.1, 0.15) is 42.1 Å². The number of hydrogen-bond acceptors (Lipinski definition) is 5. The highest BCUT2D eigenvalue weighted by Crippen LogP contribution is 2.47. The molecule has 0 saturated heterocycles. The van der Waals surface area contributed by atoms with E-state index in [1.165, 1.54) is 0 Å². The van der Waals surface area contributed by atoms with Crippen LogP contribution >= 0.6 is 0 Å². The predicted molar refractivity (Wildman–Crippen MR) is 103 cm³/mol. The van der Waals surface area contributed by atoms with Gasteiger partial charge in [0, 0.05) is 6.54 Å². The number of aliphatic hydroxyl groups excluding tert-OH is 2. The third-order valence-electron chi connectivity index (χ3n) is 5.06. The van der Waals surface area contributed by atoms with E-state index in [1.54, 1.807) is 12.1 Å². The number of nitrogens with zero attached hydrogens (tertiary/aromatic N) is 1. The van der Waals surface area contributed by atoms with Gasteiger partial charge in [0.15, 0.2) is 0 Å². The Kier molecular flexibility index (Phi) is 6.30. The quantitative estimate of drug-likeness (QED) is 0.653. The lowest BCUT2D eigenvalue weighted by molar-refractivity contribution is 0.0136. The molecule has 1 saturated carbocycles. The third kappa shape index (κ3) is 4.89. The molecular weight excluding hydrogens is 356 g/mol. The normalized spacial score (nSPS) is 16.5. The van der Waals surface area contributed by atoms with Crippen LogP contribution in [0.5, 0.6) is 0 Å². The van der Waals surface area contributed by atoms with Crippen molar-refractivity contribution < 1.29 is 19.7 Å². The molecule has 1 aliphatic carbocycles. The van der Waals surface area contributed by atoms with Crippen LogP contribution in [0.4, 0.5) is 4.79 Å². The van der Waals surface area contributed by atoms with Gasteiger partial charge in [-0.05, 0) is 36.0 Å². The summed E-state index contributed by atoms with van der Waals surface area (Å²) in [6.45, 7) is 0.357. The van der Waals surface area contributed by atoms with Crippen LogP contribution in [0.3, 0.4) is 0 Å². The largest absolute Gasteiger partial charge is 0.445 e. The monoisotopic (exact) mass is 380 g/mol. The molecule has 0 spiro atoms. The van der Waals surface area contributed by atoms with E-state index in [-0.39, 0.29) is 25.0 Å².